The SMILES string of the molecule is NC1(C(=O)Nc2ccc(N3CCOCC3)cc2)CC1. The van der Waals surface area contributed by atoms with Gasteiger partial charge >= 0.3 is 0 Å². The van der Waals surface area contributed by atoms with Crippen molar-refractivity contribution in [3.63, 3.8) is 0 Å². The quantitative estimate of drug-likeness (QED) is 0.850. The highest BCUT2D eigenvalue weighted by Crippen LogP contribution is 2.33. The van der Waals surface area contributed by atoms with Gasteiger partial charge in [0.15, 0.2) is 0 Å². The number of hydrogen-bond acceptors (Lipinski definition) is 4. The van der Waals surface area contributed by atoms with Crippen molar-refractivity contribution < 1.29 is 9.53 Å². The van der Waals surface area contributed by atoms with Gasteiger partial charge in [0.1, 0.15) is 0 Å². The highest BCUT2D eigenvalue weighted by Gasteiger charge is 2.45. The van der Waals surface area contributed by atoms with Crippen molar-refractivity contribution in [1.29, 1.82) is 0 Å². The molecule has 2 aliphatic rings. The standard InChI is InChI=1S/C14H19N3O2/c15-14(5-6-14)13(18)16-11-1-3-12(4-2-11)17-7-9-19-10-8-17/h1-4H,5-10,15H2,(H,16,18). The summed E-state index contributed by atoms with van der Waals surface area (Å²) in [6, 6.07) is 7.90. The molecular weight excluding hydrogens is 242 g/mol. The van der Waals surface area contributed by atoms with Crippen LogP contribution < -0.4 is 16.0 Å². The number of ether oxygens (including phenoxy) is 1. The highest BCUT2D eigenvalue weighted by atomic mass is 16.5. The monoisotopic (exact) mass is 261 g/mol. The summed E-state index contributed by atoms with van der Waals surface area (Å²) in [5.41, 5.74) is 7.20. The van der Waals surface area contributed by atoms with Gasteiger partial charge in [0.05, 0.1) is 18.8 Å². The van der Waals surface area contributed by atoms with Crippen LogP contribution in [-0.4, -0.2) is 37.7 Å². The van der Waals surface area contributed by atoms with Gasteiger partial charge in [-0.15, -0.1) is 0 Å². The third kappa shape index (κ3) is 2.72. The van der Waals surface area contributed by atoms with Crippen LogP contribution in [0.3, 0.4) is 0 Å². The molecule has 1 amide bonds. The number of hydrogen-bond donors (Lipinski definition) is 2. The largest absolute Gasteiger partial charge is 0.378 e. The fourth-order valence-corrected chi connectivity index (χ4v) is 2.19. The molecule has 1 aliphatic heterocycles. The topological polar surface area (TPSA) is 67.6 Å². The van der Waals surface area contributed by atoms with E-state index in [9.17, 15) is 4.79 Å². The number of anilines is 2. The Bertz CT molecular complexity index is 462. The summed E-state index contributed by atoms with van der Waals surface area (Å²) in [6.45, 7) is 3.37. The van der Waals surface area contributed by atoms with Crippen molar-refractivity contribution in [3.05, 3.63) is 24.3 Å². The molecule has 0 atom stereocenters. The Morgan fingerprint density at radius 1 is 1.21 bits per heavy atom. The number of amides is 1. The van der Waals surface area contributed by atoms with E-state index in [1.165, 1.54) is 0 Å². The van der Waals surface area contributed by atoms with Crippen LogP contribution in [0, 0.1) is 0 Å². The Balaban J connectivity index is 1.63. The second-order valence-electron chi connectivity index (χ2n) is 5.26. The van der Waals surface area contributed by atoms with Gasteiger partial charge in [-0.3, -0.25) is 4.79 Å². The molecule has 1 aromatic rings. The molecule has 1 saturated carbocycles. The number of nitrogens with one attached hydrogen (secondary N) is 1. The lowest BCUT2D eigenvalue weighted by molar-refractivity contribution is -0.118. The number of nitrogens with zero attached hydrogens (tertiary/aromatic N) is 1. The summed E-state index contributed by atoms with van der Waals surface area (Å²) in [5.74, 6) is -0.0772. The Kier molecular flexibility index (Phi) is 3.16. The fraction of sp³-hybridized carbons (Fsp3) is 0.500. The van der Waals surface area contributed by atoms with E-state index in [1.54, 1.807) is 0 Å². The second-order valence-corrected chi connectivity index (χ2v) is 5.26. The van der Waals surface area contributed by atoms with Crippen LogP contribution in [0.25, 0.3) is 0 Å². The smallest absolute Gasteiger partial charge is 0.244 e. The average Bonchev–Trinajstić information content (AvgIpc) is 3.20. The Labute approximate surface area is 112 Å². The van der Waals surface area contributed by atoms with Crippen LogP contribution in [0.1, 0.15) is 12.8 Å². The summed E-state index contributed by atoms with van der Waals surface area (Å²) in [7, 11) is 0. The van der Waals surface area contributed by atoms with E-state index in [0.29, 0.717) is 0 Å². The van der Waals surface area contributed by atoms with Crippen LogP contribution >= 0.6 is 0 Å². The maximum Gasteiger partial charge on any atom is 0.244 e. The molecule has 2 fully saturated rings. The van der Waals surface area contributed by atoms with Crippen molar-refractivity contribution in [1.82, 2.24) is 0 Å². The zero-order chi connectivity index (χ0) is 13.3. The number of carbonyl (C=O) groups is 1. The summed E-state index contributed by atoms with van der Waals surface area (Å²) in [5, 5.41) is 2.87. The maximum absolute atomic E-state index is 11.8. The van der Waals surface area contributed by atoms with E-state index in [0.717, 1.165) is 50.5 Å². The van der Waals surface area contributed by atoms with Gasteiger partial charge in [-0.05, 0) is 37.1 Å². The summed E-state index contributed by atoms with van der Waals surface area (Å²) in [6.07, 6.45) is 1.56. The van der Waals surface area contributed by atoms with Crippen molar-refractivity contribution in [2.75, 3.05) is 36.5 Å². The zero-order valence-electron chi connectivity index (χ0n) is 10.9. The normalized spacial score (nSPS) is 21.0. The molecule has 0 bridgehead atoms. The van der Waals surface area contributed by atoms with Gasteiger partial charge in [0.25, 0.3) is 0 Å². The first-order chi connectivity index (χ1) is 9.17. The lowest BCUT2D eigenvalue weighted by Gasteiger charge is -2.28. The van der Waals surface area contributed by atoms with Gasteiger partial charge in [0.2, 0.25) is 5.91 Å². The maximum atomic E-state index is 11.8. The number of nitrogens with two attached hydrogens (primary N) is 1. The zero-order valence-corrected chi connectivity index (χ0v) is 10.9. The van der Waals surface area contributed by atoms with Gasteiger partial charge < -0.3 is 20.7 Å². The first-order valence-corrected chi connectivity index (χ1v) is 6.70. The van der Waals surface area contributed by atoms with Crippen LogP contribution in [0.4, 0.5) is 11.4 Å². The van der Waals surface area contributed by atoms with E-state index >= 15 is 0 Å². The van der Waals surface area contributed by atoms with Gasteiger partial charge in [0, 0.05) is 24.5 Å². The third-order valence-electron chi connectivity index (χ3n) is 3.74. The average molecular weight is 261 g/mol. The number of rotatable bonds is 3. The Morgan fingerprint density at radius 3 is 2.42 bits per heavy atom. The predicted octanol–water partition coefficient (Wildman–Crippen LogP) is 0.953. The molecule has 3 N–H and O–H groups in total. The van der Waals surface area contributed by atoms with Crippen molar-refractivity contribution in [3.8, 4) is 0 Å². The van der Waals surface area contributed by atoms with E-state index in [-0.39, 0.29) is 5.91 Å². The fourth-order valence-electron chi connectivity index (χ4n) is 2.19. The molecule has 102 valence electrons. The van der Waals surface area contributed by atoms with Gasteiger partial charge in [-0.25, -0.2) is 0 Å². The Morgan fingerprint density at radius 2 is 1.84 bits per heavy atom. The number of benzene rings is 1. The summed E-state index contributed by atoms with van der Waals surface area (Å²) in [4.78, 5) is 14.1. The molecule has 5 heteroatoms. The number of morpholine rings is 1. The lowest BCUT2D eigenvalue weighted by atomic mass is 10.2. The number of carbonyl (C=O) groups excluding carboxylic acids is 1. The molecule has 0 aromatic heterocycles. The van der Waals surface area contributed by atoms with Crippen molar-refractivity contribution in [2.24, 2.45) is 5.73 Å². The molecule has 1 saturated heterocycles. The van der Waals surface area contributed by atoms with Crippen molar-refractivity contribution >= 4 is 17.3 Å². The molecular formula is C14H19N3O2. The second kappa shape index (κ2) is 4.83. The summed E-state index contributed by atoms with van der Waals surface area (Å²) >= 11 is 0. The van der Waals surface area contributed by atoms with E-state index in [4.69, 9.17) is 10.5 Å². The van der Waals surface area contributed by atoms with Gasteiger partial charge in [-0.2, -0.15) is 0 Å². The minimum absolute atomic E-state index is 0.0772. The van der Waals surface area contributed by atoms with E-state index in [2.05, 4.69) is 10.2 Å². The molecule has 0 spiro atoms. The first kappa shape index (κ1) is 12.4. The molecule has 1 aromatic carbocycles. The van der Waals surface area contributed by atoms with Gasteiger partial charge in [-0.1, -0.05) is 0 Å². The molecule has 5 nitrogen and oxygen atoms in total. The summed E-state index contributed by atoms with van der Waals surface area (Å²) < 4.78 is 5.33. The van der Waals surface area contributed by atoms with Crippen LogP contribution in [-0.2, 0) is 9.53 Å². The van der Waals surface area contributed by atoms with Crippen LogP contribution in [0.15, 0.2) is 24.3 Å². The molecule has 0 radical (unpaired) electrons. The molecule has 0 unspecified atom stereocenters. The molecule has 3 rings (SSSR count). The van der Waals surface area contributed by atoms with Crippen LogP contribution in [0.2, 0.25) is 0 Å². The highest BCUT2D eigenvalue weighted by molar-refractivity contribution is 6.00. The van der Waals surface area contributed by atoms with E-state index < -0.39 is 5.54 Å². The van der Waals surface area contributed by atoms with E-state index in [1.807, 2.05) is 24.3 Å². The molecule has 1 aliphatic carbocycles. The lowest BCUT2D eigenvalue weighted by Crippen LogP contribution is -2.38. The minimum atomic E-state index is -0.622. The van der Waals surface area contributed by atoms with Crippen molar-refractivity contribution in [2.45, 2.75) is 18.4 Å². The molecule has 19 heavy (non-hydrogen) atoms. The Hall–Kier alpha value is -1.59. The third-order valence-corrected chi connectivity index (χ3v) is 3.74. The first-order valence-electron chi connectivity index (χ1n) is 6.70. The van der Waals surface area contributed by atoms with Crippen LogP contribution in [0.5, 0.6) is 0 Å². The predicted molar refractivity (Wildman–Crippen MR) is 74.3 cm³/mol. The molecule has 1 heterocycles. The minimum Gasteiger partial charge on any atom is -0.378 e.